The number of aryl methyl sites for hydroxylation is 1. The highest BCUT2D eigenvalue weighted by Gasteiger charge is 2.15. The van der Waals surface area contributed by atoms with Crippen molar-refractivity contribution in [1.29, 1.82) is 0 Å². The highest BCUT2D eigenvalue weighted by molar-refractivity contribution is 9.11. The molecule has 0 radical (unpaired) electrons. The second-order valence-corrected chi connectivity index (χ2v) is 4.88. The van der Waals surface area contributed by atoms with Crippen LogP contribution >= 0.6 is 31.9 Å². The molecule has 0 aliphatic rings. The Morgan fingerprint density at radius 2 is 2.07 bits per heavy atom. The van der Waals surface area contributed by atoms with Crippen LogP contribution in [0.1, 0.15) is 5.56 Å². The second-order valence-electron chi connectivity index (χ2n) is 3.17. The van der Waals surface area contributed by atoms with Crippen LogP contribution in [0.3, 0.4) is 0 Å². The SMILES string of the molecule is Cc1ccc(Br)cc1-c1onc(N)c1Br. The molecule has 0 amide bonds. The summed E-state index contributed by atoms with van der Waals surface area (Å²) in [5, 5.41) is 3.70. The third-order valence-corrected chi connectivity index (χ3v) is 3.36. The molecule has 2 aromatic rings. The van der Waals surface area contributed by atoms with Crippen LogP contribution < -0.4 is 5.73 Å². The minimum atomic E-state index is 0.365. The van der Waals surface area contributed by atoms with E-state index in [0.29, 0.717) is 16.1 Å². The summed E-state index contributed by atoms with van der Waals surface area (Å²) in [7, 11) is 0. The number of rotatable bonds is 1. The fourth-order valence-corrected chi connectivity index (χ4v) is 2.02. The Morgan fingerprint density at radius 1 is 1.33 bits per heavy atom. The van der Waals surface area contributed by atoms with Crippen LogP contribution in [0.25, 0.3) is 11.3 Å². The molecule has 2 rings (SSSR count). The lowest BCUT2D eigenvalue weighted by molar-refractivity contribution is 0.435. The molecule has 0 saturated heterocycles. The summed E-state index contributed by atoms with van der Waals surface area (Å²) < 4.78 is 6.86. The molecule has 5 heteroatoms. The van der Waals surface area contributed by atoms with Crippen LogP contribution in [0.5, 0.6) is 0 Å². The first-order chi connectivity index (χ1) is 7.09. The van der Waals surface area contributed by atoms with Gasteiger partial charge in [0.1, 0.15) is 4.47 Å². The number of hydrogen-bond donors (Lipinski definition) is 1. The van der Waals surface area contributed by atoms with Gasteiger partial charge in [0.05, 0.1) is 0 Å². The maximum Gasteiger partial charge on any atom is 0.183 e. The van der Waals surface area contributed by atoms with Gasteiger partial charge in [-0.3, -0.25) is 0 Å². The first kappa shape index (κ1) is 10.7. The third-order valence-electron chi connectivity index (χ3n) is 2.10. The summed E-state index contributed by atoms with van der Waals surface area (Å²) in [6.45, 7) is 2.01. The molecule has 0 bridgehead atoms. The Labute approximate surface area is 104 Å². The summed E-state index contributed by atoms with van der Waals surface area (Å²) in [5.74, 6) is 1.02. The average molecular weight is 332 g/mol. The molecule has 2 N–H and O–H groups in total. The van der Waals surface area contributed by atoms with Crippen LogP contribution in [0.2, 0.25) is 0 Å². The summed E-state index contributed by atoms with van der Waals surface area (Å²) in [5.41, 5.74) is 7.68. The van der Waals surface area contributed by atoms with E-state index in [4.69, 9.17) is 10.3 Å². The fourth-order valence-electron chi connectivity index (χ4n) is 1.30. The lowest BCUT2D eigenvalue weighted by Crippen LogP contribution is -1.85. The van der Waals surface area contributed by atoms with Gasteiger partial charge in [-0.1, -0.05) is 27.2 Å². The lowest BCUT2D eigenvalue weighted by atomic mass is 10.1. The Kier molecular flexibility index (Phi) is 2.84. The quantitative estimate of drug-likeness (QED) is 0.865. The Balaban J connectivity index is 2.63. The summed E-state index contributed by atoms with van der Waals surface area (Å²) in [6, 6.07) is 5.96. The number of nitrogens with two attached hydrogens (primary N) is 1. The van der Waals surface area contributed by atoms with Crippen LogP contribution in [-0.2, 0) is 0 Å². The summed E-state index contributed by atoms with van der Waals surface area (Å²) >= 11 is 6.77. The van der Waals surface area contributed by atoms with Crippen LogP contribution in [0.4, 0.5) is 5.82 Å². The smallest absolute Gasteiger partial charge is 0.183 e. The molecular weight excluding hydrogens is 324 g/mol. The van der Waals surface area contributed by atoms with E-state index in [2.05, 4.69) is 37.0 Å². The molecule has 0 aliphatic carbocycles. The molecule has 78 valence electrons. The van der Waals surface area contributed by atoms with Gasteiger partial charge in [0.2, 0.25) is 0 Å². The van der Waals surface area contributed by atoms with E-state index in [1.807, 2.05) is 25.1 Å². The van der Waals surface area contributed by atoms with E-state index in [9.17, 15) is 0 Å². The molecule has 3 nitrogen and oxygen atoms in total. The van der Waals surface area contributed by atoms with Crippen molar-refractivity contribution in [1.82, 2.24) is 5.16 Å². The van der Waals surface area contributed by atoms with Gasteiger partial charge in [0.25, 0.3) is 0 Å². The van der Waals surface area contributed by atoms with E-state index in [1.54, 1.807) is 0 Å². The van der Waals surface area contributed by atoms with Crippen LogP contribution in [-0.4, -0.2) is 5.16 Å². The van der Waals surface area contributed by atoms with Gasteiger partial charge in [-0.2, -0.15) is 0 Å². The number of halogens is 2. The zero-order valence-electron chi connectivity index (χ0n) is 7.92. The number of nitrogen functional groups attached to an aromatic ring is 1. The van der Waals surface area contributed by atoms with Gasteiger partial charge in [0.15, 0.2) is 11.6 Å². The summed E-state index contributed by atoms with van der Waals surface area (Å²) in [4.78, 5) is 0. The number of benzene rings is 1. The topological polar surface area (TPSA) is 52.0 Å². The second kappa shape index (κ2) is 3.98. The fraction of sp³-hybridized carbons (Fsp3) is 0.100. The Bertz CT molecular complexity index is 508. The first-order valence-corrected chi connectivity index (χ1v) is 5.85. The van der Waals surface area contributed by atoms with Crippen molar-refractivity contribution in [3.63, 3.8) is 0 Å². The van der Waals surface area contributed by atoms with Gasteiger partial charge in [-0.15, -0.1) is 0 Å². The minimum absolute atomic E-state index is 0.365. The maximum absolute atomic E-state index is 5.60. The molecule has 0 unspecified atom stereocenters. The number of nitrogens with zero attached hydrogens (tertiary/aromatic N) is 1. The molecule has 0 saturated carbocycles. The molecule has 1 aromatic heterocycles. The van der Waals surface area contributed by atoms with Crippen molar-refractivity contribution in [3.8, 4) is 11.3 Å². The van der Waals surface area contributed by atoms with Crippen molar-refractivity contribution in [2.24, 2.45) is 0 Å². The Hall–Kier alpha value is -0.810. The van der Waals surface area contributed by atoms with Crippen molar-refractivity contribution in [3.05, 3.63) is 32.7 Å². The maximum atomic E-state index is 5.60. The number of anilines is 1. The molecule has 0 spiro atoms. The zero-order chi connectivity index (χ0) is 11.0. The molecule has 0 atom stereocenters. The molecule has 1 aromatic carbocycles. The highest BCUT2D eigenvalue weighted by atomic mass is 79.9. The number of hydrogen-bond acceptors (Lipinski definition) is 3. The van der Waals surface area contributed by atoms with Crippen molar-refractivity contribution in [2.75, 3.05) is 5.73 Å². The lowest BCUT2D eigenvalue weighted by Gasteiger charge is -2.02. The standard InChI is InChI=1S/C10H8Br2N2O/c1-5-2-3-6(11)4-7(5)9-8(12)10(13)14-15-9/h2-4H,1H3,(H2,13,14). The highest BCUT2D eigenvalue weighted by Crippen LogP contribution is 2.35. The molecule has 0 aliphatic heterocycles. The van der Waals surface area contributed by atoms with E-state index in [-0.39, 0.29) is 0 Å². The van der Waals surface area contributed by atoms with E-state index >= 15 is 0 Å². The number of aromatic nitrogens is 1. The molecular formula is C10H8Br2N2O. The van der Waals surface area contributed by atoms with Gasteiger partial charge in [-0.05, 0) is 40.5 Å². The molecule has 0 fully saturated rings. The third kappa shape index (κ3) is 1.94. The molecule has 15 heavy (non-hydrogen) atoms. The minimum Gasteiger partial charge on any atom is -0.380 e. The van der Waals surface area contributed by atoms with Gasteiger partial charge < -0.3 is 10.3 Å². The van der Waals surface area contributed by atoms with Crippen molar-refractivity contribution >= 4 is 37.7 Å². The predicted molar refractivity (Wildman–Crippen MR) is 66.5 cm³/mol. The normalized spacial score (nSPS) is 10.6. The van der Waals surface area contributed by atoms with E-state index in [1.165, 1.54) is 0 Å². The van der Waals surface area contributed by atoms with Crippen LogP contribution in [0, 0.1) is 6.92 Å². The summed E-state index contributed by atoms with van der Waals surface area (Å²) in [6.07, 6.45) is 0. The Morgan fingerprint density at radius 3 is 2.67 bits per heavy atom. The van der Waals surface area contributed by atoms with E-state index < -0.39 is 0 Å². The van der Waals surface area contributed by atoms with Crippen LogP contribution in [0.15, 0.2) is 31.7 Å². The van der Waals surface area contributed by atoms with E-state index in [0.717, 1.165) is 15.6 Å². The van der Waals surface area contributed by atoms with Crippen molar-refractivity contribution < 1.29 is 4.52 Å². The average Bonchev–Trinajstić information content (AvgIpc) is 2.52. The van der Waals surface area contributed by atoms with Crippen molar-refractivity contribution in [2.45, 2.75) is 6.92 Å². The molecule has 1 heterocycles. The monoisotopic (exact) mass is 330 g/mol. The predicted octanol–water partition coefficient (Wildman–Crippen LogP) is 3.76. The zero-order valence-corrected chi connectivity index (χ0v) is 11.1. The van der Waals surface area contributed by atoms with Gasteiger partial charge in [0, 0.05) is 10.0 Å². The van der Waals surface area contributed by atoms with Gasteiger partial charge in [-0.25, -0.2) is 0 Å². The first-order valence-electron chi connectivity index (χ1n) is 4.26. The largest absolute Gasteiger partial charge is 0.380 e. The van der Waals surface area contributed by atoms with Gasteiger partial charge >= 0.3 is 0 Å².